The lowest BCUT2D eigenvalue weighted by Crippen LogP contribution is -2.51. The summed E-state index contributed by atoms with van der Waals surface area (Å²) in [5.74, 6) is -1.44. The number of hydrogen-bond acceptors (Lipinski definition) is 4. The van der Waals surface area contributed by atoms with Crippen molar-refractivity contribution in [3.63, 3.8) is 0 Å². The number of benzene rings is 1. The monoisotopic (exact) mass is 400 g/mol. The Balaban J connectivity index is 2.11. The number of ketones is 1. The van der Waals surface area contributed by atoms with Gasteiger partial charge in [-0.3, -0.25) is 14.4 Å². The van der Waals surface area contributed by atoms with Gasteiger partial charge < -0.3 is 15.0 Å². The van der Waals surface area contributed by atoms with E-state index in [-0.39, 0.29) is 23.7 Å². The van der Waals surface area contributed by atoms with Crippen molar-refractivity contribution in [1.29, 1.82) is 0 Å². The second-order valence-corrected chi connectivity index (χ2v) is 7.02. The fraction of sp³-hybridized carbons (Fsp3) is 0.526. The molecule has 1 aliphatic rings. The molecule has 0 aromatic heterocycles. The zero-order valence-electron chi connectivity index (χ0n) is 15.7. The quantitative estimate of drug-likeness (QED) is 0.797. The van der Waals surface area contributed by atoms with Gasteiger partial charge in [-0.25, -0.2) is 0 Å². The summed E-state index contributed by atoms with van der Waals surface area (Å²) < 4.78 is 40.9. The number of carbonyl (C=O) groups excluding carboxylic acids is 3. The van der Waals surface area contributed by atoms with Gasteiger partial charge in [0.05, 0.1) is 0 Å². The van der Waals surface area contributed by atoms with Gasteiger partial charge >= 0.3 is 6.36 Å². The molecule has 1 saturated heterocycles. The Kier molecular flexibility index (Phi) is 7.04. The maximum atomic E-state index is 12.7. The Morgan fingerprint density at radius 2 is 1.89 bits per heavy atom. The number of likely N-dealkylation sites (tertiary alicyclic amines) is 1. The van der Waals surface area contributed by atoms with Crippen LogP contribution in [0.3, 0.4) is 0 Å². The number of hydrogen-bond donors (Lipinski definition) is 1. The highest BCUT2D eigenvalue weighted by Crippen LogP contribution is 2.23. The molecule has 0 radical (unpaired) electrons. The first-order valence-electron chi connectivity index (χ1n) is 9.00. The molecule has 0 saturated carbocycles. The molecular weight excluding hydrogens is 377 g/mol. The topological polar surface area (TPSA) is 75.7 Å². The number of piperidine rings is 1. The van der Waals surface area contributed by atoms with Crippen LogP contribution in [0.25, 0.3) is 0 Å². The molecule has 6 nitrogen and oxygen atoms in total. The fourth-order valence-corrected chi connectivity index (χ4v) is 3.01. The van der Waals surface area contributed by atoms with Gasteiger partial charge in [-0.15, -0.1) is 13.2 Å². The summed E-state index contributed by atoms with van der Waals surface area (Å²) in [6, 6.07) is 3.48. The van der Waals surface area contributed by atoms with Crippen molar-refractivity contribution in [2.45, 2.75) is 45.5 Å². The van der Waals surface area contributed by atoms with Crippen LogP contribution in [-0.2, 0) is 9.59 Å². The van der Waals surface area contributed by atoms with Gasteiger partial charge in [0.15, 0.2) is 0 Å². The van der Waals surface area contributed by atoms with Crippen molar-refractivity contribution < 1.29 is 32.3 Å². The highest BCUT2D eigenvalue weighted by molar-refractivity contribution is 5.99. The van der Waals surface area contributed by atoms with E-state index in [4.69, 9.17) is 0 Å². The minimum atomic E-state index is -4.88. The molecule has 1 fully saturated rings. The minimum Gasteiger partial charge on any atom is -0.406 e. The summed E-state index contributed by atoms with van der Waals surface area (Å²) in [5, 5.41) is 2.48. The van der Waals surface area contributed by atoms with Crippen LogP contribution >= 0.6 is 0 Å². The minimum absolute atomic E-state index is 0.102. The maximum absolute atomic E-state index is 12.7. The van der Waals surface area contributed by atoms with Crippen LogP contribution in [-0.4, -0.2) is 48.0 Å². The van der Waals surface area contributed by atoms with Crippen molar-refractivity contribution in [2.24, 2.45) is 5.92 Å². The third-order valence-corrected chi connectivity index (χ3v) is 4.52. The van der Waals surface area contributed by atoms with Crippen LogP contribution in [0.2, 0.25) is 0 Å². The van der Waals surface area contributed by atoms with E-state index in [2.05, 4.69) is 17.0 Å². The summed E-state index contributed by atoms with van der Waals surface area (Å²) in [5.41, 5.74) is -0.102. The first-order valence-corrected chi connectivity index (χ1v) is 9.00. The molecule has 154 valence electrons. The van der Waals surface area contributed by atoms with Gasteiger partial charge in [-0.2, -0.15) is 0 Å². The predicted molar refractivity (Wildman–Crippen MR) is 94.7 cm³/mol. The molecule has 0 aliphatic carbocycles. The number of ether oxygens (including phenoxy) is 1. The highest BCUT2D eigenvalue weighted by atomic mass is 19.4. The Morgan fingerprint density at radius 3 is 2.46 bits per heavy atom. The number of alkyl halides is 3. The summed E-state index contributed by atoms with van der Waals surface area (Å²) in [7, 11) is 0. The Labute approximate surface area is 161 Å². The SMILES string of the molecule is CC(=O)CC(NC(=O)c1cccc(OC(F)(F)F)c1)C(=O)N1CCC(C)CC1. The van der Waals surface area contributed by atoms with E-state index in [1.165, 1.54) is 19.1 Å². The molecule has 2 amide bonds. The zero-order valence-corrected chi connectivity index (χ0v) is 15.7. The number of halogens is 3. The van der Waals surface area contributed by atoms with E-state index >= 15 is 0 Å². The Morgan fingerprint density at radius 1 is 1.25 bits per heavy atom. The zero-order chi connectivity index (χ0) is 20.9. The van der Waals surface area contributed by atoms with E-state index in [0.29, 0.717) is 19.0 Å². The molecule has 1 unspecified atom stereocenters. The molecule has 0 bridgehead atoms. The first kappa shape index (κ1) is 21.7. The molecule has 28 heavy (non-hydrogen) atoms. The van der Waals surface area contributed by atoms with E-state index in [1.54, 1.807) is 4.90 Å². The van der Waals surface area contributed by atoms with Crippen molar-refractivity contribution in [2.75, 3.05) is 13.1 Å². The standard InChI is InChI=1S/C19H23F3N2O4/c1-12-6-8-24(9-7-12)18(27)16(10-13(2)25)23-17(26)14-4-3-5-15(11-14)28-19(20,21)22/h3-5,11-12,16H,6-10H2,1-2H3,(H,23,26). The predicted octanol–water partition coefficient (Wildman–Crippen LogP) is 2.92. The van der Waals surface area contributed by atoms with Crippen LogP contribution in [0, 0.1) is 5.92 Å². The average molecular weight is 400 g/mol. The molecule has 1 aromatic rings. The van der Waals surface area contributed by atoms with E-state index in [9.17, 15) is 27.6 Å². The van der Waals surface area contributed by atoms with Gasteiger partial charge in [0.2, 0.25) is 5.91 Å². The molecule has 1 aliphatic heterocycles. The first-order chi connectivity index (χ1) is 13.0. The lowest BCUT2D eigenvalue weighted by molar-refractivity contribution is -0.274. The van der Waals surface area contributed by atoms with Crippen LogP contribution in [0.5, 0.6) is 5.75 Å². The summed E-state index contributed by atoms with van der Waals surface area (Å²) in [6.45, 7) is 4.48. The average Bonchev–Trinajstić information content (AvgIpc) is 2.59. The molecule has 0 spiro atoms. The maximum Gasteiger partial charge on any atom is 0.573 e. The molecule has 1 aromatic carbocycles. The lowest BCUT2D eigenvalue weighted by Gasteiger charge is -2.33. The number of carbonyl (C=O) groups is 3. The van der Waals surface area contributed by atoms with Crippen molar-refractivity contribution in [3.05, 3.63) is 29.8 Å². The van der Waals surface area contributed by atoms with Gasteiger partial charge in [0.25, 0.3) is 5.91 Å². The van der Waals surface area contributed by atoms with Gasteiger partial charge in [0.1, 0.15) is 17.6 Å². The molecule has 1 atom stereocenters. The van der Waals surface area contributed by atoms with Gasteiger partial charge in [-0.05, 0) is 43.9 Å². The second-order valence-electron chi connectivity index (χ2n) is 7.02. The highest BCUT2D eigenvalue weighted by Gasteiger charge is 2.32. The third kappa shape index (κ3) is 6.54. The largest absolute Gasteiger partial charge is 0.573 e. The fourth-order valence-electron chi connectivity index (χ4n) is 3.01. The molecular formula is C19H23F3N2O4. The third-order valence-electron chi connectivity index (χ3n) is 4.52. The van der Waals surface area contributed by atoms with Gasteiger partial charge in [-0.1, -0.05) is 13.0 Å². The van der Waals surface area contributed by atoms with Gasteiger partial charge in [0, 0.05) is 25.1 Å². The van der Waals surface area contributed by atoms with Crippen molar-refractivity contribution in [3.8, 4) is 5.75 Å². The van der Waals surface area contributed by atoms with E-state index in [1.807, 2.05) is 0 Å². The number of Topliss-reactive ketones (excluding diaryl/α,β-unsaturated/α-hetero) is 1. The smallest absolute Gasteiger partial charge is 0.406 e. The molecule has 9 heteroatoms. The van der Waals surface area contributed by atoms with Crippen LogP contribution in [0.1, 0.15) is 43.5 Å². The van der Waals surface area contributed by atoms with E-state index < -0.39 is 24.1 Å². The number of rotatable bonds is 6. The Bertz CT molecular complexity index is 728. The normalized spacial score (nSPS) is 16.4. The molecule has 2 rings (SSSR count). The summed E-state index contributed by atoms with van der Waals surface area (Å²) in [4.78, 5) is 38.4. The number of nitrogens with zero attached hydrogens (tertiary/aromatic N) is 1. The summed E-state index contributed by atoms with van der Waals surface area (Å²) >= 11 is 0. The number of amides is 2. The van der Waals surface area contributed by atoms with Crippen LogP contribution in [0.15, 0.2) is 24.3 Å². The lowest BCUT2D eigenvalue weighted by atomic mass is 9.98. The van der Waals surface area contributed by atoms with Crippen LogP contribution in [0.4, 0.5) is 13.2 Å². The van der Waals surface area contributed by atoms with E-state index in [0.717, 1.165) is 25.0 Å². The van der Waals surface area contributed by atoms with Crippen LogP contribution < -0.4 is 10.1 Å². The molecule has 1 heterocycles. The second kappa shape index (κ2) is 9.07. The number of nitrogens with one attached hydrogen (secondary N) is 1. The van der Waals surface area contributed by atoms with Crippen molar-refractivity contribution >= 4 is 17.6 Å². The Hall–Kier alpha value is -2.58. The van der Waals surface area contributed by atoms with Crippen molar-refractivity contribution in [1.82, 2.24) is 10.2 Å². The summed E-state index contributed by atoms with van der Waals surface area (Å²) in [6.07, 6.45) is -3.39. The molecule has 1 N–H and O–H groups in total.